The topological polar surface area (TPSA) is 26.3 Å². The van der Waals surface area contributed by atoms with Gasteiger partial charge in [0.25, 0.3) is 0 Å². The van der Waals surface area contributed by atoms with E-state index in [-0.39, 0.29) is 37.0 Å². The molecule has 5 aliphatic rings. The van der Waals surface area contributed by atoms with Crippen LogP contribution in [0.25, 0.3) is 0 Å². The van der Waals surface area contributed by atoms with Gasteiger partial charge < -0.3 is 6.16 Å². The molecule has 1 aliphatic heterocycles. The second-order valence-corrected chi connectivity index (χ2v) is 10.4. The summed E-state index contributed by atoms with van der Waals surface area (Å²) in [4.78, 5) is 11.5. The van der Waals surface area contributed by atoms with Crippen molar-refractivity contribution in [1.82, 2.24) is 0 Å². The van der Waals surface area contributed by atoms with Crippen molar-refractivity contribution in [2.45, 2.75) is 65.2 Å². The molecule has 5 rings (SSSR count). The Balaban J connectivity index is 0.00000112. The van der Waals surface area contributed by atoms with Crippen LogP contribution < -0.4 is 29.6 Å². The molecule has 144 valence electrons. The van der Waals surface area contributed by atoms with Crippen LogP contribution in [0.1, 0.15) is 66.6 Å². The second kappa shape index (κ2) is 7.33. The van der Waals surface area contributed by atoms with Crippen molar-refractivity contribution >= 4 is 5.97 Å². The Morgan fingerprint density at radius 3 is 2.59 bits per heavy atom. The van der Waals surface area contributed by atoms with E-state index in [0.717, 1.165) is 36.0 Å². The molecule has 4 fully saturated rings. The van der Waals surface area contributed by atoms with Crippen LogP contribution in [0.4, 0.5) is 0 Å². The van der Waals surface area contributed by atoms with Gasteiger partial charge in [-0.3, -0.25) is 4.79 Å². The normalized spacial score (nSPS) is 50.8. The van der Waals surface area contributed by atoms with Gasteiger partial charge >= 0.3 is 35.5 Å². The standard InChI is InChI=1S/C24H34O2.Na.H/c1-23-13-4-3-5-17(23)7-8-18-20-10-9-19(16-6-11-22(25)26-15-16)24(20,2)14-12-21(18)23;;/h3-5,13,16-21H,6-12,14-15H2,1-2H3;;/q;+1;-1/t16-,17?,18-,19+,20+,21-,23-,24+;;/m0../s1. The summed E-state index contributed by atoms with van der Waals surface area (Å²) in [6, 6.07) is 0. The largest absolute Gasteiger partial charge is 1.00 e. The number of cyclic esters (lactones) is 1. The van der Waals surface area contributed by atoms with E-state index in [1.54, 1.807) is 0 Å². The van der Waals surface area contributed by atoms with Crippen LogP contribution >= 0.6 is 0 Å². The van der Waals surface area contributed by atoms with Crippen LogP contribution in [0.5, 0.6) is 0 Å². The molecular weight excluding hydrogens is 343 g/mol. The number of esters is 1. The molecule has 0 radical (unpaired) electrons. The molecule has 0 aromatic rings. The number of allylic oxidation sites excluding steroid dienone is 4. The van der Waals surface area contributed by atoms with Gasteiger partial charge in [-0.05, 0) is 91.3 Å². The van der Waals surface area contributed by atoms with Gasteiger partial charge in [0.15, 0.2) is 0 Å². The predicted molar refractivity (Wildman–Crippen MR) is 104 cm³/mol. The number of fused-ring (bicyclic) bond motifs is 5. The third-order valence-electron chi connectivity index (χ3n) is 9.58. The summed E-state index contributed by atoms with van der Waals surface area (Å²) in [5.41, 5.74) is 0.866. The average Bonchev–Trinajstić information content (AvgIpc) is 2.99. The minimum Gasteiger partial charge on any atom is -1.00 e. The molecule has 0 bridgehead atoms. The summed E-state index contributed by atoms with van der Waals surface area (Å²) in [5.74, 6) is 4.82. The van der Waals surface area contributed by atoms with E-state index in [1.165, 1.54) is 38.5 Å². The first-order chi connectivity index (χ1) is 12.5. The predicted octanol–water partition coefficient (Wildman–Crippen LogP) is 2.66. The smallest absolute Gasteiger partial charge is 1.00 e. The molecule has 0 amide bonds. The minimum atomic E-state index is 0. The van der Waals surface area contributed by atoms with Gasteiger partial charge in [0.05, 0.1) is 6.61 Å². The zero-order valence-corrected chi connectivity index (χ0v) is 19.5. The fourth-order valence-electron chi connectivity index (χ4n) is 8.22. The first kappa shape index (κ1) is 20.2. The number of hydrogen-bond acceptors (Lipinski definition) is 2. The van der Waals surface area contributed by atoms with Gasteiger partial charge in [-0.2, -0.15) is 0 Å². The Morgan fingerprint density at radius 2 is 1.81 bits per heavy atom. The number of hydrogen-bond donors (Lipinski definition) is 0. The third kappa shape index (κ3) is 3.04. The fourth-order valence-corrected chi connectivity index (χ4v) is 8.22. The molecule has 0 spiro atoms. The first-order valence-electron chi connectivity index (χ1n) is 11.0. The van der Waals surface area contributed by atoms with Crippen LogP contribution in [0, 0.1) is 46.3 Å². The van der Waals surface area contributed by atoms with E-state index in [2.05, 4.69) is 38.2 Å². The molecule has 1 saturated heterocycles. The zero-order chi connectivity index (χ0) is 17.9. The number of carbonyl (C=O) groups excluding carboxylic acids is 1. The van der Waals surface area contributed by atoms with Gasteiger partial charge in [0, 0.05) is 6.42 Å². The van der Waals surface area contributed by atoms with Crippen LogP contribution in [-0.2, 0) is 9.53 Å². The summed E-state index contributed by atoms with van der Waals surface area (Å²) >= 11 is 0. The van der Waals surface area contributed by atoms with Gasteiger partial charge in [0.2, 0.25) is 0 Å². The van der Waals surface area contributed by atoms with Crippen molar-refractivity contribution in [1.29, 1.82) is 0 Å². The zero-order valence-electron chi connectivity index (χ0n) is 18.5. The van der Waals surface area contributed by atoms with Gasteiger partial charge in [0.1, 0.15) is 0 Å². The number of ether oxygens (including phenoxy) is 1. The van der Waals surface area contributed by atoms with E-state index in [9.17, 15) is 4.79 Å². The first-order valence-corrected chi connectivity index (χ1v) is 11.0. The van der Waals surface area contributed by atoms with Crippen LogP contribution in [-0.4, -0.2) is 12.6 Å². The van der Waals surface area contributed by atoms with Crippen molar-refractivity contribution in [3.8, 4) is 0 Å². The summed E-state index contributed by atoms with van der Waals surface area (Å²) in [7, 11) is 0. The molecule has 2 nitrogen and oxygen atoms in total. The maximum absolute atomic E-state index is 11.5. The van der Waals surface area contributed by atoms with E-state index in [0.29, 0.717) is 29.8 Å². The Morgan fingerprint density at radius 1 is 1.00 bits per heavy atom. The average molecular weight is 379 g/mol. The van der Waals surface area contributed by atoms with E-state index in [1.807, 2.05) is 0 Å². The second-order valence-electron chi connectivity index (χ2n) is 10.4. The summed E-state index contributed by atoms with van der Waals surface area (Å²) in [6.07, 6.45) is 19.7. The molecule has 3 heteroatoms. The van der Waals surface area contributed by atoms with E-state index < -0.39 is 0 Å². The Labute approximate surface area is 188 Å². The van der Waals surface area contributed by atoms with Gasteiger partial charge in [-0.15, -0.1) is 0 Å². The Bertz CT molecular complexity index is 651. The maximum Gasteiger partial charge on any atom is 1.00 e. The molecule has 0 N–H and O–H groups in total. The molecule has 3 saturated carbocycles. The molecule has 8 atom stereocenters. The van der Waals surface area contributed by atoms with Crippen molar-refractivity contribution in [3.05, 3.63) is 24.3 Å². The monoisotopic (exact) mass is 378 g/mol. The van der Waals surface area contributed by atoms with E-state index in [4.69, 9.17) is 4.74 Å². The fraction of sp³-hybridized carbons (Fsp3) is 0.792. The Kier molecular flexibility index (Phi) is 5.49. The number of rotatable bonds is 1. The summed E-state index contributed by atoms with van der Waals surface area (Å²) in [5, 5.41) is 0. The molecule has 0 aromatic heterocycles. The van der Waals surface area contributed by atoms with Gasteiger partial charge in [-0.1, -0.05) is 38.2 Å². The SMILES string of the molecule is C[C@]12CC[C@H]3[C@@H](CCC4C=CC=C[C@@]43C)[C@H]1CC[C@@H]2[C@H]1CCC(=O)OC1.[H-].[Na+]. The van der Waals surface area contributed by atoms with Crippen molar-refractivity contribution in [2.75, 3.05) is 6.61 Å². The molecule has 0 aromatic carbocycles. The molecule has 27 heavy (non-hydrogen) atoms. The van der Waals surface area contributed by atoms with Crippen LogP contribution in [0.2, 0.25) is 0 Å². The molecule has 1 heterocycles. The number of carbonyl (C=O) groups is 1. The summed E-state index contributed by atoms with van der Waals surface area (Å²) in [6.45, 7) is 5.84. The van der Waals surface area contributed by atoms with Crippen molar-refractivity contribution in [3.63, 3.8) is 0 Å². The summed E-state index contributed by atoms with van der Waals surface area (Å²) < 4.78 is 5.47. The van der Waals surface area contributed by atoms with Crippen LogP contribution in [0.3, 0.4) is 0 Å². The van der Waals surface area contributed by atoms with Crippen molar-refractivity contribution in [2.24, 2.45) is 46.3 Å². The minimum absolute atomic E-state index is 0. The molecular formula is C24H35NaO2. The third-order valence-corrected chi connectivity index (χ3v) is 9.58. The van der Waals surface area contributed by atoms with Crippen molar-refractivity contribution < 1.29 is 40.5 Å². The van der Waals surface area contributed by atoms with Crippen LogP contribution in [0.15, 0.2) is 24.3 Å². The van der Waals surface area contributed by atoms with Gasteiger partial charge in [-0.25, -0.2) is 0 Å². The Hall–Kier alpha value is -0.0500. The molecule has 1 unspecified atom stereocenters. The molecule has 4 aliphatic carbocycles. The quantitative estimate of drug-likeness (QED) is 0.518. The van der Waals surface area contributed by atoms with E-state index >= 15 is 0 Å². The maximum atomic E-state index is 11.5.